The van der Waals surface area contributed by atoms with E-state index in [0.29, 0.717) is 24.3 Å². The van der Waals surface area contributed by atoms with E-state index in [4.69, 9.17) is 5.73 Å². The lowest BCUT2D eigenvalue weighted by Gasteiger charge is -2.08. The topological polar surface area (TPSA) is 68.0 Å². The molecule has 1 heterocycles. The summed E-state index contributed by atoms with van der Waals surface area (Å²) < 4.78 is 13.0. The second-order valence-corrected chi connectivity index (χ2v) is 4.93. The Hall–Kier alpha value is -2.14. The highest BCUT2D eigenvalue weighted by Crippen LogP contribution is 2.10. The fraction of sp³-hybridized carbons (Fsp3) is 0.250. The lowest BCUT2D eigenvalue weighted by Crippen LogP contribution is -2.27. The number of carbonyl (C=O) groups is 1. The van der Waals surface area contributed by atoms with Crippen LogP contribution in [0.25, 0.3) is 0 Å². The summed E-state index contributed by atoms with van der Waals surface area (Å²) in [6, 6.07) is 8.13. The Balaban J connectivity index is 0.00000242. The molecule has 2 rings (SSSR count). The van der Waals surface area contributed by atoms with Crippen LogP contribution in [0.4, 0.5) is 10.1 Å². The number of benzene rings is 1. The molecule has 0 fully saturated rings. The molecule has 6 heteroatoms. The molecule has 0 spiro atoms. The van der Waals surface area contributed by atoms with E-state index in [-0.39, 0.29) is 30.6 Å². The number of hydrogen-bond acceptors (Lipinski definition) is 3. The third-order valence-corrected chi connectivity index (χ3v) is 3.21. The van der Waals surface area contributed by atoms with E-state index in [2.05, 4.69) is 10.3 Å². The molecule has 4 nitrogen and oxygen atoms in total. The number of nitrogens with zero attached hydrogens (tertiary/aromatic N) is 1. The number of halogens is 2. The van der Waals surface area contributed by atoms with Crippen LogP contribution < -0.4 is 11.1 Å². The molecule has 0 unspecified atom stereocenters. The van der Waals surface area contributed by atoms with Crippen molar-refractivity contribution in [3.8, 4) is 0 Å². The van der Waals surface area contributed by atoms with Gasteiger partial charge in [0.15, 0.2) is 0 Å². The number of hydrogen-bond donors (Lipinski definition) is 2. The van der Waals surface area contributed by atoms with Gasteiger partial charge in [-0.15, -0.1) is 12.4 Å². The van der Waals surface area contributed by atoms with Gasteiger partial charge in [0.25, 0.3) is 0 Å². The Labute approximate surface area is 135 Å². The van der Waals surface area contributed by atoms with Gasteiger partial charge in [0.05, 0.1) is 18.3 Å². The molecule has 0 atom stereocenters. The third-order valence-electron chi connectivity index (χ3n) is 3.21. The molecule has 118 valence electrons. The quantitative estimate of drug-likeness (QED) is 0.888. The first kappa shape index (κ1) is 17.9. The average molecular weight is 324 g/mol. The van der Waals surface area contributed by atoms with Crippen LogP contribution in [-0.4, -0.2) is 17.4 Å². The number of nitrogens with two attached hydrogens (primary N) is 1. The third kappa shape index (κ3) is 5.33. The van der Waals surface area contributed by atoms with Crippen molar-refractivity contribution >= 4 is 24.0 Å². The molecular weight excluding hydrogens is 305 g/mol. The largest absolute Gasteiger partial charge is 0.397 e. The maximum Gasteiger partial charge on any atom is 0.226 e. The van der Waals surface area contributed by atoms with Crippen LogP contribution in [0.1, 0.15) is 16.8 Å². The second-order valence-electron chi connectivity index (χ2n) is 4.93. The van der Waals surface area contributed by atoms with Crippen LogP contribution in [0.5, 0.6) is 0 Å². The molecule has 3 N–H and O–H groups in total. The number of anilines is 1. The molecule has 22 heavy (non-hydrogen) atoms. The smallest absolute Gasteiger partial charge is 0.226 e. The zero-order chi connectivity index (χ0) is 15.2. The normalized spacial score (nSPS) is 9.91. The number of pyridine rings is 1. The maximum absolute atomic E-state index is 13.0. The Morgan fingerprint density at radius 2 is 2.09 bits per heavy atom. The first-order chi connectivity index (χ1) is 10.0. The summed E-state index contributed by atoms with van der Waals surface area (Å²) in [4.78, 5) is 15.9. The van der Waals surface area contributed by atoms with E-state index in [9.17, 15) is 9.18 Å². The summed E-state index contributed by atoms with van der Waals surface area (Å²) in [5.74, 6) is -0.332. The van der Waals surface area contributed by atoms with Crippen LogP contribution in [0.3, 0.4) is 0 Å². The molecule has 1 aromatic carbocycles. The Morgan fingerprint density at radius 1 is 1.32 bits per heavy atom. The van der Waals surface area contributed by atoms with E-state index in [1.54, 1.807) is 18.2 Å². The number of aromatic nitrogens is 1. The Kier molecular flexibility index (Phi) is 6.79. The van der Waals surface area contributed by atoms with Crippen LogP contribution in [0.15, 0.2) is 36.5 Å². The van der Waals surface area contributed by atoms with Crippen molar-refractivity contribution in [2.45, 2.75) is 19.8 Å². The number of aryl methyl sites for hydroxylation is 1. The van der Waals surface area contributed by atoms with E-state index in [0.717, 1.165) is 11.1 Å². The lowest BCUT2D eigenvalue weighted by atomic mass is 10.1. The summed E-state index contributed by atoms with van der Waals surface area (Å²) >= 11 is 0. The standard InChI is InChI=1S/C16H18FN3O.ClH/c1-11-8-13(17)3-2-12(11)6-7-19-16(21)9-15-5-4-14(18)10-20-15;/h2-5,8,10H,6-7,9,18H2,1H3,(H,19,21);1H. The molecule has 0 saturated carbocycles. The molecule has 1 aromatic heterocycles. The fourth-order valence-electron chi connectivity index (χ4n) is 2.04. The molecule has 0 aliphatic rings. The average Bonchev–Trinajstić information content (AvgIpc) is 2.44. The SMILES string of the molecule is Cc1cc(F)ccc1CCNC(=O)Cc1ccc(N)cn1.Cl. The van der Waals surface area contributed by atoms with Gasteiger partial charge in [-0.05, 0) is 48.7 Å². The minimum absolute atomic E-state index is 0. The van der Waals surface area contributed by atoms with Crippen molar-refractivity contribution in [3.05, 3.63) is 59.2 Å². The van der Waals surface area contributed by atoms with Crippen molar-refractivity contribution in [2.75, 3.05) is 12.3 Å². The van der Waals surface area contributed by atoms with E-state index in [1.807, 2.05) is 6.92 Å². The summed E-state index contributed by atoms with van der Waals surface area (Å²) in [6.45, 7) is 2.37. The van der Waals surface area contributed by atoms with Crippen molar-refractivity contribution in [1.82, 2.24) is 10.3 Å². The van der Waals surface area contributed by atoms with E-state index < -0.39 is 0 Å². The number of nitrogens with one attached hydrogen (secondary N) is 1. The van der Waals surface area contributed by atoms with Gasteiger partial charge >= 0.3 is 0 Å². The second kappa shape index (κ2) is 8.34. The van der Waals surface area contributed by atoms with Gasteiger partial charge in [-0.3, -0.25) is 9.78 Å². The first-order valence-corrected chi connectivity index (χ1v) is 6.77. The van der Waals surface area contributed by atoms with Gasteiger partial charge < -0.3 is 11.1 Å². The van der Waals surface area contributed by atoms with Gasteiger partial charge in [-0.25, -0.2) is 4.39 Å². The van der Waals surface area contributed by atoms with E-state index >= 15 is 0 Å². The monoisotopic (exact) mass is 323 g/mol. The van der Waals surface area contributed by atoms with Crippen molar-refractivity contribution in [3.63, 3.8) is 0 Å². The first-order valence-electron chi connectivity index (χ1n) is 6.77. The zero-order valence-electron chi connectivity index (χ0n) is 12.3. The molecule has 1 amide bonds. The van der Waals surface area contributed by atoms with Gasteiger partial charge in [-0.2, -0.15) is 0 Å². The van der Waals surface area contributed by atoms with Gasteiger partial charge in [0.1, 0.15) is 5.82 Å². The highest BCUT2D eigenvalue weighted by Gasteiger charge is 2.05. The van der Waals surface area contributed by atoms with Crippen LogP contribution in [0, 0.1) is 12.7 Å². The molecule has 0 aliphatic carbocycles. The highest BCUT2D eigenvalue weighted by atomic mass is 35.5. The van der Waals surface area contributed by atoms with Crippen molar-refractivity contribution < 1.29 is 9.18 Å². The van der Waals surface area contributed by atoms with Crippen molar-refractivity contribution in [1.29, 1.82) is 0 Å². The maximum atomic E-state index is 13.0. The predicted molar refractivity (Wildman–Crippen MR) is 87.5 cm³/mol. The number of amides is 1. The van der Waals surface area contributed by atoms with E-state index in [1.165, 1.54) is 18.3 Å². The molecule has 0 saturated heterocycles. The molecule has 0 radical (unpaired) electrons. The number of nitrogen functional groups attached to an aromatic ring is 1. The van der Waals surface area contributed by atoms with Crippen molar-refractivity contribution in [2.24, 2.45) is 0 Å². The Morgan fingerprint density at radius 3 is 2.73 bits per heavy atom. The summed E-state index contributed by atoms with van der Waals surface area (Å²) in [6.07, 6.45) is 2.43. The molecular formula is C16H19ClFN3O. The summed E-state index contributed by atoms with van der Waals surface area (Å²) in [5.41, 5.74) is 8.72. The van der Waals surface area contributed by atoms with Gasteiger partial charge in [0, 0.05) is 12.2 Å². The number of carbonyl (C=O) groups excluding carboxylic acids is 1. The summed E-state index contributed by atoms with van der Waals surface area (Å²) in [7, 11) is 0. The molecule has 0 bridgehead atoms. The van der Waals surface area contributed by atoms with Gasteiger partial charge in [-0.1, -0.05) is 6.07 Å². The Bertz CT molecular complexity index is 632. The van der Waals surface area contributed by atoms with Crippen LogP contribution in [-0.2, 0) is 17.6 Å². The summed E-state index contributed by atoms with van der Waals surface area (Å²) in [5, 5.41) is 2.83. The lowest BCUT2D eigenvalue weighted by molar-refractivity contribution is -0.120. The zero-order valence-corrected chi connectivity index (χ0v) is 13.1. The fourth-order valence-corrected chi connectivity index (χ4v) is 2.04. The van der Waals surface area contributed by atoms with Gasteiger partial charge in [0.2, 0.25) is 5.91 Å². The van der Waals surface area contributed by atoms with Crippen LogP contribution in [0.2, 0.25) is 0 Å². The highest BCUT2D eigenvalue weighted by molar-refractivity contribution is 5.85. The number of rotatable bonds is 5. The molecule has 2 aromatic rings. The minimum atomic E-state index is -0.241. The van der Waals surface area contributed by atoms with Crippen LogP contribution >= 0.6 is 12.4 Å². The minimum Gasteiger partial charge on any atom is -0.397 e. The molecule has 0 aliphatic heterocycles. The predicted octanol–water partition coefficient (Wildman–Crippen LogP) is 2.43.